The average molecular weight is 401 g/mol. The van der Waals surface area contributed by atoms with Gasteiger partial charge in [-0.1, -0.05) is 33.6 Å². The van der Waals surface area contributed by atoms with Crippen molar-refractivity contribution >= 4 is 45.1 Å². The van der Waals surface area contributed by atoms with Crippen LogP contribution in [-0.4, -0.2) is 18.0 Å². The molecule has 2 aromatic rings. The van der Waals surface area contributed by atoms with Crippen LogP contribution >= 0.6 is 27.5 Å². The fraction of sp³-hybridized carbons (Fsp3) is 0.125. The summed E-state index contributed by atoms with van der Waals surface area (Å²) in [6.07, 6.45) is -1.10. The third-order valence-electron chi connectivity index (χ3n) is 2.89. The van der Waals surface area contributed by atoms with Crippen molar-refractivity contribution in [3.63, 3.8) is 0 Å². The lowest BCUT2D eigenvalue weighted by atomic mass is 10.2. The zero-order valence-electron chi connectivity index (χ0n) is 12.0. The van der Waals surface area contributed by atoms with Crippen molar-refractivity contribution in [2.24, 2.45) is 0 Å². The van der Waals surface area contributed by atoms with Crippen LogP contribution in [0.1, 0.15) is 17.3 Å². The molecule has 1 amide bonds. The maximum atomic E-state index is 13.6. The molecule has 1 atom stereocenters. The highest BCUT2D eigenvalue weighted by molar-refractivity contribution is 9.10. The molecule has 0 radical (unpaired) electrons. The zero-order valence-corrected chi connectivity index (χ0v) is 14.3. The van der Waals surface area contributed by atoms with Crippen LogP contribution in [0.5, 0.6) is 0 Å². The van der Waals surface area contributed by atoms with Gasteiger partial charge in [0.15, 0.2) is 6.10 Å². The smallest absolute Gasteiger partial charge is 0.341 e. The molecule has 2 rings (SSSR count). The lowest BCUT2D eigenvalue weighted by molar-refractivity contribution is -0.123. The van der Waals surface area contributed by atoms with Gasteiger partial charge in [0.1, 0.15) is 5.82 Å². The van der Waals surface area contributed by atoms with Crippen LogP contribution in [0.4, 0.5) is 10.1 Å². The Labute approximate surface area is 145 Å². The standard InChI is InChI=1S/C16H12BrClFNO3/c1-9(15(21)20-12-4-2-3-10(17)7-12)23-16(22)13-8-11(18)5-6-14(13)19/h2-9H,1H3,(H,20,21)/t9-/m0/s1. The fourth-order valence-electron chi connectivity index (χ4n) is 1.74. The summed E-state index contributed by atoms with van der Waals surface area (Å²) in [7, 11) is 0. The maximum absolute atomic E-state index is 13.6. The number of hydrogen-bond acceptors (Lipinski definition) is 3. The molecule has 0 saturated heterocycles. The number of anilines is 1. The molecular formula is C16H12BrClFNO3. The van der Waals surface area contributed by atoms with Crippen LogP contribution in [0.3, 0.4) is 0 Å². The quantitative estimate of drug-likeness (QED) is 0.773. The molecule has 120 valence electrons. The van der Waals surface area contributed by atoms with E-state index in [1.807, 2.05) is 0 Å². The molecule has 0 fully saturated rings. The van der Waals surface area contributed by atoms with Gasteiger partial charge in [0, 0.05) is 15.2 Å². The molecule has 4 nitrogen and oxygen atoms in total. The van der Waals surface area contributed by atoms with Crippen LogP contribution < -0.4 is 5.32 Å². The van der Waals surface area contributed by atoms with Crippen molar-refractivity contribution in [2.75, 3.05) is 5.32 Å². The summed E-state index contributed by atoms with van der Waals surface area (Å²) >= 11 is 9.01. The van der Waals surface area contributed by atoms with Crippen LogP contribution in [-0.2, 0) is 9.53 Å². The van der Waals surface area contributed by atoms with Crippen molar-refractivity contribution in [1.29, 1.82) is 0 Å². The van der Waals surface area contributed by atoms with E-state index in [4.69, 9.17) is 16.3 Å². The lowest BCUT2D eigenvalue weighted by Gasteiger charge is -2.14. The van der Waals surface area contributed by atoms with Crippen LogP contribution in [0.2, 0.25) is 5.02 Å². The Hall–Kier alpha value is -1.92. The number of nitrogens with one attached hydrogen (secondary N) is 1. The first-order chi connectivity index (χ1) is 10.9. The highest BCUT2D eigenvalue weighted by Crippen LogP contribution is 2.18. The second kappa shape index (κ2) is 7.57. The number of esters is 1. The van der Waals surface area contributed by atoms with Crippen LogP contribution in [0, 0.1) is 5.82 Å². The number of hydrogen-bond donors (Lipinski definition) is 1. The van der Waals surface area contributed by atoms with E-state index in [2.05, 4.69) is 21.2 Å². The van der Waals surface area contributed by atoms with E-state index in [-0.39, 0.29) is 10.6 Å². The Morgan fingerprint density at radius 3 is 2.70 bits per heavy atom. The van der Waals surface area contributed by atoms with Crippen molar-refractivity contribution in [3.05, 3.63) is 63.3 Å². The van der Waals surface area contributed by atoms with Crippen molar-refractivity contribution in [1.82, 2.24) is 0 Å². The third-order valence-corrected chi connectivity index (χ3v) is 3.62. The predicted molar refractivity (Wildman–Crippen MR) is 89.1 cm³/mol. The SMILES string of the molecule is C[C@H](OC(=O)c1cc(Cl)ccc1F)C(=O)Nc1cccc(Br)c1. The Morgan fingerprint density at radius 2 is 2.00 bits per heavy atom. The van der Waals surface area contributed by atoms with E-state index >= 15 is 0 Å². The zero-order chi connectivity index (χ0) is 17.0. The molecule has 0 saturated carbocycles. The highest BCUT2D eigenvalue weighted by Gasteiger charge is 2.21. The number of carbonyl (C=O) groups excluding carboxylic acids is 2. The van der Waals surface area contributed by atoms with Gasteiger partial charge in [-0.25, -0.2) is 9.18 Å². The minimum absolute atomic E-state index is 0.199. The molecule has 0 aliphatic heterocycles. The van der Waals surface area contributed by atoms with Crippen molar-refractivity contribution in [3.8, 4) is 0 Å². The second-order valence-electron chi connectivity index (χ2n) is 4.67. The van der Waals surface area contributed by atoms with E-state index in [1.54, 1.807) is 24.3 Å². The van der Waals surface area contributed by atoms with Gasteiger partial charge in [0.25, 0.3) is 5.91 Å². The van der Waals surface area contributed by atoms with Gasteiger partial charge >= 0.3 is 5.97 Å². The largest absolute Gasteiger partial charge is 0.449 e. The highest BCUT2D eigenvalue weighted by atomic mass is 79.9. The third kappa shape index (κ3) is 4.77. The fourth-order valence-corrected chi connectivity index (χ4v) is 2.31. The van der Waals surface area contributed by atoms with Crippen molar-refractivity contribution < 1.29 is 18.7 Å². The van der Waals surface area contributed by atoms with Crippen LogP contribution in [0.25, 0.3) is 0 Å². The molecular weight excluding hydrogens is 389 g/mol. The molecule has 23 heavy (non-hydrogen) atoms. The molecule has 0 heterocycles. The molecule has 2 aromatic carbocycles. The molecule has 1 N–H and O–H groups in total. The molecule has 0 spiro atoms. The first kappa shape index (κ1) is 17.4. The maximum Gasteiger partial charge on any atom is 0.341 e. The monoisotopic (exact) mass is 399 g/mol. The summed E-state index contributed by atoms with van der Waals surface area (Å²) in [5.41, 5.74) is 0.223. The van der Waals surface area contributed by atoms with Gasteiger partial charge in [0.05, 0.1) is 5.56 Å². The summed E-state index contributed by atoms with van der Waals surface area (Å²) in [5, 5.41) is 2.80. The molecule has 0 aliphatic carbocycles. The summed E-state index contributed by atoms with van der Waals surface area (Å²) in [6, 6.07) is 10.5. The normalized spacial score (nSPS) is 11.7. The van der Waals surface area contributed by atoms with E-state index < -0.39 is 23.8 Å². The first-order valence-electron chi connectivity index (χ1n) is 6.59. The summed E-state index contributed by atoms with van der Waals surface area (Å²) in [5.74, 6) is -2.25. The minimum atomic E-state index is -1.10. The Kier molecular flexibility index (Phi) is 5.74. The second-order valence-corrected chi connectivity index (χ2v) is 6.02. The summed E-state index contributed by atoms with van der Waals surface area (Å²) in [6.45, 7) is 1.40. The minimum Gasteiger partial charge on any atom is -0.449 e. The topological polar surface area (TPSA) is 55.4 Å². The van der Waals surface area contributed by atoms with Gasteiger partial charge in [-0.2, -0.15) is 0 Å². The molecule has 0 aromatic heterocycles. The van der Waals surface area contributed by atoms with Crippen LogP contribution in [0.15, 0.2) is 46.9 Å². The van der Waals surface area contributed by atoms with E-state index in [1.165, 1.54) is 13.0 Å². The number of amides is 1. The molecule has 0 bridgehead atoms. The first-order valence-corrected chi connectivity index (χ1v) is 7.76. The predicted octanol–water partition coefficient (Wildman–Crippen LogP) is 4.43. The number of benzene rings is 2. The van der Waals surface area contributed by atoms with E-state index in [0.29, 0.717) is 5.69 Å². The van der Waals surface area contributed by atoms with Gasteiger partial charge in [-0.05, 0) is 43.3 Å². The lowest BCUT2D eigenvalue weighted by Crippen LogP contribution is -2.30. The Bertz CT molecular complexity index is 754. The molecule has 7 heteroatoms. The average Bonchev–Trinajstić information content (AvgIpc) is 2.49. The van der Waals surface area contributed by atoms with Gasteiger partial charge in [-0.15, -0.1) is 0 Å². The number of rotatable bonds is 4. The summed E-state index contributed by atoms with van der Waals surface area (Å²) in [4.78, 5) is 23.9. The van der Waals surface area contributed by atoms with Crippen molar-refractivity contribution in [2.45, 2.75) is 13.0 Å². The summed E-state index contributed by atoms with van der Waals surface area (Å²) < 4.78 is 19.4. The molecule has 0 unspecified atom stereocenters. The molecule has 0 aliphatic rings. The van der Waals surface area contributed by atoms with E-state index in [9.17, 15) is 14.0 Å². The number of ether oxygens (including phenoxy) is 1. The Balaban J connectivity index is 2.03. The number of halogens is 3. The van der Waals surface area contributed by atoms with Gasteiger partial charge < -0.3 is 10.1 Å². The number of carbonyl (C=O) groups is 2. The van der Waals surface area contributed by atoms with E-state index in [0.717, 1.165) is 16.6 Å². The Morgan fingerprint density at radius 1 is 1.26 bits per heavy atom. The van der Waals surface area contributed by atoms with Gasteiger partial charge in [-0.3, -0.25) is 4.79 Å². The van der Waals surface area contributed by atoms with Gasteiger partial charge in [0.2, 0.25) is 0 Å².